The van der Waals surface area contributed by atoms with Crippen LogP contribution in [-0.2, 0) is 39.9 Å². The van der Waals surface area contributed by atoms with Gasteiger partial charge in [-0.25, -0.2) is 0 Å². The molecule has 1 aliphatic heterocycles. The minimum Gasteiger partial charge on any atom is -0.480 e. The van der Waals surface area contributed by atoms with Gasteiger partial charge < -0.3 is 54.7 Å². The molecule has 1 aromatic carbocycles. The molecule has 320 valence electrons. The number of aldehydes is 3. The Hall–Kier alpha value is -3.07. The Labute approximate surface area is 334 Å². The summed E-state index contributed by atoms with van der Waals surface area (Å²) in [6, 6.07) is 9.45. The molecular weight excluding hydrogens is 702 g/mol. The van der Waals surface area contributed by atoms with Crippen LogP contribution in [0.4, 0.5) is 0 Å². The lowest BCUT2D eigenvalue weighted by atomic mass is 9.91. The van der Waals surface area contributed by atoms with Gasteiger partial charge in [-0.15, -0.1) is 0 Å². The van der Waals surface area contributed by atoms with Crippen LogP contribution < -0.4 is 16.0 Å². The van der Waals surface area contributed by atoms with Crippen LogP contribution in [0, 0.1) is 17.8 Å². The Morgan fingerprint density at radius 2 is 1.55 bits per heavy atom. The van der Waals surface area contributed by atoms with E-state index < -0.39 is 12.0 Å². The van der Waals surface area contributed by atoms with E-state index in [0.29, 0.717) is 31.3 Å². The molecule has 55 heavy (non-hydrogen) atoms. The highest BCUT2D eigenvalue weighted by molar-refractivity contribution is 5.78. The quantitative estimate of drug-likeness (QED) is 0.138. The molecule has 4 N–H and O–H groups in total. The van der Waals surface area contributed by atoms with Gasteiger partial charge in [0.05, 0.1) is 30.8 Å². The van der Waals surface area contributed by atoms with Crippen molar-refractivity contribution in [1.82, 2.24) is 25.8 Å². The number of hydrogen-bond acceptors (Lipinski definition) is 11. The van der Waals surface area contributed by atoms with Crippen LogP contribution in [-0.4, -0.2) is 145 Å². The van der Waals surface area contributed by atoms with Crippen molar-refractivity contribution in [3.63, 3.8) is 0 Å². The zero-order valence-electron chi connectivity index (χ0n) is 36.7. The molecule has 13 nitrogen and oxygen atoms in total. The highest BCUT2D eigenvalue weighted by Crippen LogP contribution is 2.24. The van der Waals surface area contributed by atoms with E-state index in [1.54, 1.807) is 47.3 Å². The highest BCUT2D eigenvalue weighted by atomic mass is 16.5. The minimum absolute atomic E-state index is 0.00412. The third kappa shape index (κ3) is 24.2. The molecule has 8 atom stereocenters. The van der Waals surface area contributed by atoms with Crippen molar-refractivity contribution < 1.29 is 38.6 Å². The number of nitrogens with one attached hydrogen (secondary N) is 3. The van der Waals surface area contributed by atoms with E-state index in [4.69, 9.17) is 14.6 Å². The second-order valence-corrected chi connectivity index (χ2v) is 14.2. The summed E-state index contributed by atoms with van der Waals surface area (Å²) < 4.78 is 10.8. The van der Waals surface area contributed by atoms with Gasteiger partial charge in [-0.05, 0) is 71.4 Å². The number of methoxy groups -OCH3 is 2. The summed E-state index contributed by atoms with van der Waals surface area (Å²) in [5.41, 5.74) is 1.03. The number of hydrogen-bond donors (Lipinski definition) is 4. The maximum Gasteiger partial charge on any atom is 0.321 e. The van der Waals surface area contributed by atoms with Crippen molar-refractivity contribution in [2.45, 2.75) is 123 Å². The normalized spacial score (nSPS) is 17.3. The zero-order valence-corrected chi connectivity index (χ0v) is 36.7. The summed E-state index contributed by atoms with van der Waals surface area (Å²) in [6.07, 6.45) is 7.95. The standard InChI is InChI=1S/C13H26N2O3.C10H19NO2.C10H13NO2.C6H13NO.C3H8/c1-6-10(2)13(11(18-5)7-8-16)15(4)12(17)9-14-3;1-8(7-12)10(13-3)9-5-4-6-11(9)2;1-11-9(10(12)13)7-8-5-3-2-4-6-8;1-5(2)6(4-8)7-3;1-3-2/h8,10-11,13-14H,6-7,9H2,1-5H3;7-10H,4-6H2,1-3H3;2-6,9,11H,7H2,1H3,(H,12,13);4-7H,1-3H3;3H2,1-2H3. The van der Waals surface area contributed by atoms with Gasteiger partial charge in [-0.1, -0.05) is 91.6 Å². The molecule has 0 aliphatic carbocycles. The molecule has 0 radical (unpaired) electrons. The van der Waals surface area contributed by atoms with Crippen LogP contribution in [0.1, 0.15) is 86.1 Å². The number of likely N-dealkylation sites (tertiary alicyclic amines) is 1. The van der Waals surface area contributed by atoms with Crippen LogP contribution in [0.5, 0.6) is 0 Å². The van der Waals surface area contributed by atoms with Gasteiger partial charge in [-0.2, -0.15) is 0 Å². The maximum absolute atomic E-state index is 11.9. The lowest BCUT2D eigenvalue weighted by Gasteiger charge is -2.37. The number of amides is 1. The first-order valence-corrected chi connectivity index (χ1v) is 19.7. The Bertz CT molecular complexity index is 1110. The van der Waals surface area contributed by atoms with Gasteiger partial charge in [0.25, 0.3) is 0 Å². The number of carboxylic acid groups (broad SMARTS) is 1. The van der Waals surface area contributed by atoms with Crippen molar-refractivity contribution in [3.05, 3.63) is 35.9 Å². The van der Waals surface area contributed by atoms with E-state index in [-0.39, 0.29) is 42.0 Å². The van der Waals surface area contributed by atoms with Gasteiger partial charge in [-0.3, -0.25) is 9.59 Å². The predicted octanol–water partition coefficient (Wildman–Crippen LogP) is 4.36. The van der Waals surface area contributed by atoms with Gasteiger partial charge in [0.15, 0.2) is 0 Å². The van der Waals surface area contributed by atoms with Gasteiger partial charge in [0.2, 0.25) is 5.91 Å². The maximum atomic E-state index is 11.9. The van der Waals surface area contributed by atoms with Crippen molar-refractivity contribution >= 4 is 30.7 Å². The Morgan fingerprint density at radius 1 is 0.964 bits per heavy atom. The Morgan fingerprint density at radius 3 is 1.87 bits per heavy atom. The van der Waals surface area contributed by atoms with Crippen LogP contribution in [0.25, 0.3) is 0 Å². The molecule has 2 rings (SSSR count). The molecule has 13 heteroatoms. The molecule has 0 aromatic heterocycles. The van der Waals surface area contributed by atoms with Crippen molar-refractivity contribution in [1.29, 1.82) is 0 Å². The second-order valence-electron chi connectivity index (χ2n) is 14.2. The van der Waals surface area contributed by atoms with Crippen LogP contribution in [0.2, 0.25) is 0 Å². The minimum atomic E-state index is -0.814. The number of carboxylic acids is 1. The van der Waals surface area contributed by atoms with E-state index >= 15 is 0 Å². The molecule has 0 saturated carbocycles. The Balaban J connectivity index is -0.000000658. The number of rotatable bonds is 20. The average Bonchev–Trinajstić information content (AvgIpc) is 3.60. The number of carbonyl (C=O) groups excluding carboxylic acids is 4. The van der Waals surface area contributed by atoms with Gasteiger partial charge in [0, 0.05) is 39.6 Å². The molecule has 0 bridgehead atoms. The fraction of sp³-hybridized carbons (Fsp3) is 0.738. The average molecular weight is 782 g/mol. The highest BCUT2D eigenvalue weighted by Gasteiger charge is 2.33. The molecule has 1 amide bonds. The first kappa shape index (κ1) is 56.3. The number of nitrogens with zero attached hydrogens (tertiary/aromatic N) is 2. The summed E-state index contributed by atoms with van der Waals surface area (Å²) in [4.78, 5) is 58.1. The van der Waals surface area contributed by atoms with E-state index in [1.165, 1.54) is 12.8 Å². The molecule has 1 aromatic rings. The van der Waals surface area contributed by atoms with Crippen LogP contribution in [0.15, 0.2) is 30.3 Å². The molecule has 1 heterocycles. The smallest absolute Gasteiger partial charge is 0.321 e. The van der Waals surface area contributed by atoms with E-state index in [0.717, 1.165) is 43.8 Å². The van der Waals surface area contributed by atoms with Gasteiger partial charge in [0.1, 0.15) is 24.9 Å². The van der Waals surface area contributed by atoms with Crippen molar-refractivity contribution in [2.24, 2.45) is 17.8 Å². The molecule has 1 aliphatic rings. The molecule has 1 fully saturated rings. The fourth-order valence-corrected chi connectivity index (χ4v) is 6.02. The van der Waals surface area contributed by atoms with E-state index in [1.807, 2.05) is 51.1 Å². The van der Waals surface area contributed by atoms with Crippen LogP contribution >= 0.6 is 0 Å². The molecule has 8 unspecified atom stereocenters. The largest absolute Gasteiger partial charge is 0.480 e. The van der Waals surface area contributed by atoms with E-state index in [2.05, 4.69) is 55.6 Å². The lowest BCUT2D eigenvalue weighted by molar-refractivity contribution is -0.139. The fourth-order valence-electron chi connectivity index (χ4n) is 6.02. The summed E-state index contributed by atoms with van der Waals surface area (Å²) in [6.45, 7) is 15.8. The van der Waals surface area contributed by atoms with Crippen LogP contribution in [0.3, 0.4) is 0 Å². The summed E-state index contributed by atoms with van der Waals surface area (Å²) in [5.74, 6) is -0.129. The topological polar surface area (TPSA) is 167 Å². The lowest BCUT2D eigenvalue weighted by Crippen LogP contribution is -2.51. The Kier molecular flexibility index (Phi) is 36.2. The number of ether oxygens (including phenoxy) is 2. The zero-order chi connectivity index (χ0) is 42.9. The molecule has 1 saturated heterocycles. The summed E-state index contributed by atoms with van der Waals surface area (Å²) in [5, 5.41) is 17.3. The second kappa shape index (κ2) is 35.4. The van der Waals surface area contributed by atoms with E-state index in [9.17, 15) is 24.0 Å². The molecular formula is C42H79N5O8. The first-order chi connectivity index (χ1) is 26.1. The van der Waals surface area contributed by atoms with Gasteiger partial charge >= 0.3 is 5.97 Å². The summed E-state index contributed by atoms with van der Waals surface area (Å²) >= 11 is 0. The third-order valence-corrected chi connectivity index (χ3v) is 9.50. The monoisotopic (exact) mass is 782 g/mol. The predicted molar refractivity (Wildman–Crippen MR) is 223 cm³/mol. The summed E-state index contributed by atoms with van der Waals surface area (Å²) in [7, 11) is 12.3. The first-order valence-electron chi connectivity index (χ1n) is 19.7. The number of benzene rings is 1. The number of aliphatic carboxylic acids is 1. The number of likely N-dealkylation sites (N-methyl/N-ethyl adjacent to an activating group) is 5. The number of carbonyl (C=O) groups is 5. The van der Waals surface area contributed by atoms with Crippen molar-refractivity contribution in [3.8, 4) is 0 Å². The third-order valence-electron chi connectivity index (χ3n) is 9.50. The van der Waals surface area contributed by atoms with Crippen molar-refractivity contribution in [2.75, 3.05) is 62.5 Å². The SMILES string of the molecule is CCC.CCC(C)C(C(CC=O)OC)N(C)C(=O)CNC.CNC(C=O)C(C)C.CNC(Cc1ccccc1)C(=O)O.COC(C(C)C=O)C1CCCN1C. The molecule has 0 spiro atoms.